The number of nitrogens with one attached hydrogen (secondary N) is 1. The zero-order valence-corrected chi connectivity index (χ0v) is 14.0. The molecule has 0 aromatic heterocycles. The molecule has 3 aromatic rings. The lowest BCUT2D eigenvalue weighted by molar-refractivity contribution is -0.118. The number of primary sulfonamides is 1. The van der Waals surface area contributed by atoms with Crippen LogP contribution in [0.3, 0.4) is 0 Å². The van der Waals surface area contributed by atoms with Crippen LogP contribution in [0, 0.1) is 0 Å². The SMILES string of the molecule is NS(=O)(=O)c1cccc(NC(=O)COc2cccc3ccccc23)c1. The number of fused-ring (bicyclic) bond motifs is 1. The van der Waals surface area contributed by atoms with Crippen molar-refractivity contribution in [1.82, 2.24) is 0 Å². The minimum absolute atomic E-state index is 0.0692. The van der Waals surface area contributed by atoms with Gasteiger partial charge in [0.05, 0.1) is 4.90 Å². The Hall–Kier alpha value is -2.90. The van der Waals surface area contributed by atoms with Gasteiger partial charge in [-0.05, 0) is 29.7 Å². The first-order valence-corrected chi connectivity index (χ1v) is 9.01. The number of nitrogens with two attached hydrogens (primary N) is 1. The van der Waals surface area contributed by atoms with E-state index < -0.39 is 15.9 Å². The molecule has 7 heteroatoms. The summed E-state index contributed by atoms with van der Waals surface area (Å²) in [5.41, 5.74) is 0.332. The van der Waals surface area contributed by atoms with Gasteiger partial charge in [0.25, 0.3) is 5.91 Å². The third-order valence-electron chi connectivity index (χ3n) is 3.55. The summed E-state index contributed by atoms with van der Waals surface area (Å²) >= 11 is 0. The summed E-state index contributed by atoms with van der Waals surface area (Å²) in [6.07, 6.45) is 0. The number of hydrogen-bond acceptors (Lipinski definition) is 4. The lowest BCUT2D eigenvalue weighted by atomic mass is 10.1. The molecule has 0 aliphatic rings. The fourth-order valence-electron chi connectivity index (χ4n) is 2.41. The molecule has 0 heterocycles. The minimum Gasteiger partial charge on any atom is -0.483 e. The molecule has 0 radical (unpaired) electrons. The molecule has 3 N–H and O–H groups in total. The molecular weight excluding hydrogens is 340 g/mol. The van der Waals surface area contributed by atoms with Crippen LogP contribution in [0.5, 0.6) is 5.75 Å². The Bertz CT molecular complexity index is 1030. The van der Waals surface area contributed by atoms with Crippen molar-refractivity contribution in [3.05, 3.63) is 66.7 Å². The number of sulfonamides is 1. The zero-order valence-electron chi connectivity index (χ0n) is 13.2. The van der Waals surface area contributed by atoms with E-state index in [0.717, 1.165) is 10.8 Å². The molecule has 0 saturated carbocycles. The number of ether oxygens (including phenoxy) is 1. The van der Waals surface area contributed by atoms with Gasteiger partial charge in [0.15, 0.2) is 6.61 Å². The van der Waals surface area contributed by atoms with Crippen LogP contribution in [0.2, 0.25) is 0 Å². The highest BCUT2D eigenvalue weighted by molar-refractivity contribution is 7.89. The highest BCUT2D eigenvalue weighted by Gasteiger charge is 2.10. The molecule has 1 amide bonds. The molecule has 0 saturated heterocycles. The lowest BCUT2D eigenvalue weighted by Gasteiger charge is -2.10. The van der Waals surface area contributed by atoms with Crippen LogP contribution < -0.4 is 15.2 Å². The Balaban J connectivity index is 1.69. The predicted octanol–water partition coefficient (Wildman–Crippen LogP) is 2.50. The molecule has 128 valence electrons. The smallest absolute Gasteiger partial charge is 0.262 e. The first kappa shape index (κ1) is 16.9. The lowest BCUT2D eigenvalue weighted by Crippen LogP contribution is -2.20. The zero-order chi connectivity index (χ0) is 17.9. The molecule has 3 rings (SSSR count). The first-order valence-electron chi connectivity index (χ1n) is 7.47. The summed E-state index contributed by atoms with van der Waals surface area (Å²) in [6.45, 7) is -0.201. The Kier molecular flexibility index (Phi) is 4.69. The molecule has 6 nitrogen and oxygen atoms in total. The number of benzene rings is 3. The average molecular weight is 356 g/mol. The maximum atomic E-state index is 12.1. The van der Waals surface area contributed by atoms with Crippen LogP contribution in [-0.4, -0.2) is 20.9 Å². The summed E-state index contributed by atoms with van der Waals surface area (Å²) in [5, 5.41) is 9.59. The maximum Gasteiger partial charge on any atom is 0.262 e. The summed E-state index contributed by atoms with van der Waals surface area (Å²) < 4.78 is 28.3. The van der Waals surface area contributed by atoms with Gasteiger partial charge in [-0.15, -0.1) is 0 Å². The quantitative estimate of drug-likeness (QED) is 0.734. The van der Waals surface area contributed by atoms with E-state index in [0.29, 0.717) is 11.4 Å². The Morgan fingerprint density at radius 1 is 1.00 bits per heavy atom. The first-order chi connectivity index (χ1) is 11.9. The van der Waals surface area contributed by atoms with Crippen LogP contribution in [0.25, 0.3) is 10.8 Å². The highest BCUT2D eigenvalue weighted by atomic mass is 32.2. The number of rotatable bonds is 5. The van der Waals surface area contributed by atoms with Crippen molar-refractivity contribution in [2.45, 2.75) is 4.90 Å². The standard InChI is InChI=1S/C18H16N2O4S/c19-25(22,23)15-8-4-7-14(11-15)20-18(21)12-24-17-10-3-6-13-5-1-2-9-16(13)17/h1-11H,12H2,(H,20,21)(H2,19,22,23). The molecule has 0 atom stereocenters. The van der Waals surface area contributed by atoms with E-state index in [1.165, 1.54) is 18.2 Å². The number of amides is 1. The van der Waals surface area contributed by atoms with Gasteiger partial charge in [-0.2, -0.15) is 0 Å². The molecule has 0 bridgehead atoms. The molecule has 25 heavy (non-hydrogen) atoms. The van der Waals surface area contributed by atoms with Gasteiger partial charge in [-0.3, -0.25) is 4.79 Å². The second kappa shape index (κ2) is 6.92. The molecule has 0 spiro atoms. The largest absolute Gasteiger partial charge is 0.483 e. The Morgan fingerprint density at radius 2 is 1.72 bits per heavy atom. The summed E-state index contributed by atoms with van der Waals surface area (Å²) in [4.78, 5) is 12.0. The van der Waals surface area contributed by atoms with E-state index in [2.05, 4.69) is 5.32 Å². The summed E-state index contributed by atoms with van der Waals surface area (Å²) in [5.74, 6) is 0.200. The maximum absolute atomic E-state index is 12.1. The number of carbonyl (C=O) groups excluding carboxylic acids is 1. The van der Waals surface area contributed by atoms with Crippen LogP contribution in [0.4, 0.5) is 5.69 Å². The van der Waals surface area contributed by atoms with Crippen LogP contribution >= 0.6 is 0 Å². The van der Waals surface area contributed by atoms with Crippen molar-refractivity contribution in [2.24, 2.45) is 5.14 Å². The molecule has 0 aliphatic heterocycles. The molecule has 0 aliphatic carbocycles. The van der Waals surface area contributed by atoms with E-state index in [4.69, 9.17) is 9.88 Å². The van der Waals surface area contributed by atoms with Gasteiger partial charge in [-0.1, -0.05) is 42.5 Å². The van der Waals surface area contributed by atoms with Gasteiger partial charge < -0.3 is 10.1 Å². The van der Waals surface area contributed by atoms with Crippen LogP contribution in [0.1, 0.15) is 0 Å². The number of anilines is 1. The normalized spacial score (nSPS) is 11.2. The second-order valence-electron chi connectivity index (χ2n) is 5.39. The Labute approximate surface area is 145 Å². The highest BCUT2D eigenvalue weighted by Crippen LogP contribution is 2.25. The third-order valence-corrected chi connectivity index (χ3v) is 4.47. The number of hydrogen-bond donors (Lipinski definition) is 2. The van der Waals surface area contributed by atoms with Gasteiger partial charge in [-0.25, -0.2) is 13.6 Å². The van der Waals surface area contributed by atoms with E-state index in [1.807, 2.05) is 36.4 Å². The topological polar surface area (TPSA) is 98.5 Å². The average Bonchev–Trinajstić information content (AvgIpc) is 2.59. The summed E-state index contributed by atoms with van der Waals surface area (Å²) in [7, 11) is -3.82. The third kappa shape index (κ3) is 4.14. The molecule has 0 fully saturated rings. The van der Waals surface area contributed by atoms with Gasteiger partial charge >= 0.3 is 0 Å². The van der Waals surface area contributed by atoms with Gasteiger partial charge in [0, 0.05) is 11.1 Å². The van der Waals surface area contributed by atoms with Crippen molar-refractivity contribution in [3.63, 3.8) is 0 Å². The molecule has 0 unspecified atom stereocenters. The van der Waals surface area contributed by atoms with E-state index in [-0.39, 0.29) is 11.5 Å². The van der Waals surface area contributed by atoms with E-state index in [9.17, 15) is 13.2 Å². The van der Waals surface area contributed by atoms with Crippen LogP contribution in [0.15, 0.2) is 71.6 Å². The number of carbonyl (C=O) groups is 1. The van der Waals surface area contributed by atoms with Crippen molar-refractivity contribution in [2.75, 3.05) is 11.9 Å². The fraction of sp³-hybridized carbons (Fsp3) is 0.0556. The second-order valence-corrected chi connectivity index (χ2v) is 6.95. The predicted molar refractivity (Wildman–Crippen MR) is 95.9 cm³/mol. The van der Waals surface area contributed by atoms with Crippen molar-refractivity contribution >= 4 is 32.4 Å². The van der Waals surface area contributed by atoms with Crippen molar-refractivity contribution in [1.29, 1.82) is 0 Å². The monoisotopic (exact) mass is 356 g/mol. The molecule has 3 aromatic carbocycles. The Morgan fingerprint density at radius 3 is 2.52 bits per heavy atom. The van der Waals surface area contributed by atoms with E-state index in [1.54, 1.807) is 12.1 Å². The fourth-order valence-corrected chi connectivity index (χ4v) is 2.97. The van der Waals surface area contributed by atoms with Gasteiger partial charge in [0.1, 0.15) is 5.75 Å². The van der Waals surface area contributed by atoms with Gasteiger partial charge in [0.2, 0.25) is 10.0 Å². The van der Waals surface area contributed by atoms with Crippen molar-refractivity contribution in [3.8, 4) is 5.75 Å². The van der Waals surface area contributed by atoms with Crippen molar-refractivity contribution < 1.29 is 17.9 Å². The minimum atomic E-state index is -3.82. The molecular formula is C18H16N2O4S. The summed E-state index contributed by atoms with van der Waals surface area (Å²) in [6, 6.07) is 19.0. The van der Waals surface area contributed by atoms with Crippen LogP contribution in [-0.2, 0) is 14.8 Å². The van der Waals surface area contributed by atoms with E-state index >= 15 is 0 Å².